The van der Waals surface area contributed by atoms with E-state index in [-0.39, 0.29) is 22.6 Å². The molecule has 1 aromatic carbocycles. The summed E-state index contributed by atoms with van der Waals surface area (Å²) in [6, 6.07) is 2.43. The largest absolute Gasteiger partial charge is 0.490 e. The predicted molar refractivity (Wildman–Crippen MR) is 61.5 cm³/mol. The fraction of sp³-hybridized carbons (Fsp3) is 0.167. The van der Waals surface area contributed by atoms with Crippen molar-refractivity contribution in [3.63, 3.8) is 0 Å². The van der Waals surface area contributed by atoms with E-state index in [1.807, 2.05) is 0 Å². The molecule has 0 atom stereocenters. The highest BCUT2D eigenvalue weighted by Crippen LogP contribution is 2.30. The van der Waals surface area contributed by atoms with Crippen LogP contribution in [0.5, 0.6) is 5.75 Å². The zero-order valence-electron chi connectivity index (χ0n) is 9.75. The third-order valence-electron chi connectivity index (χ3n) is 2.54. The van der Waals surface area contributed by atoms with E-state index in [0.717, 1.165) is 12.4 Å². The van der Waals surface area contributed by atoms with Crippen LogP contribution in [0.1, 0.15) is 5.56 Å². The molecule has 0 unspecified atom stereocenters. The van der Waals surface area contributed by atoms with Gasteiger partial charge in [0, 0.05) is 0 Å². The lowest BCUT2D eigenvalue weighted by atomic mass is 10.1. The second-order valence-corrected chi connectivity index (χ2v) is 3.67. The van der Waals surface area contributed by atoms with Crippen LogP contribution in [0, 0.1) is 18.6 Å². The molecule has 2 aromatic rings. The van der Waals surface area contributed by atoms with Crippen LogP contribution in [-0.2, 0) is 0 Å². The molecule has 18 heavy (non-hydrogen) atoms. The van der Waals surface area contributed by atoms with Crippen LogP contribution in [0.15, 0.2) is 23.3 Å². The van der Waals surface area contributed by atoms with E-state index in [9.17, 15) is 13.6 Å². The number of aromatic amines is 1. The average Bonchev–Trinajstić information content (AvgIpc) is 2.35. The Hall–Kier alpha value is -2.24. The van der Waals surface area contributed by atoms with Gasteiger partial charge in [0.2, 0.25) is 5.75 Å². The topological polar surface area (TPSA) is 55.0 Å². The second kappa shape index (κ2) is 4.56. The van der Waals surface area contributed by atoms with Crippen molar-refractivity contribution in [3.05, 3.63) is 46.0 Å². The smallest absolute Gasteiger partial charge is 0.293 e. The molecule has 1 N–H and O–H groups in total. The molecule has 0 amide bonds. The number of nitrogens with one attached hydrogen (secondary N) is 1. The van der Waals surface area contributed by atoms with Gasteiger partial charge in [0.05, 0.1) is 19.0 Å². The molecule has 4 nitrogen and oxygen atoms in total. The first-order valence-corrected chi connectivity index (χ1v) is 5.13. The molecule has 0 radical (unpaired) electrons. The van der Waals surface area contributed by atoms with E-state index in [0.29, 0.717) is 0 Å². The predicted octanol–water partition coefficient (Wildman–Crippen LogP) is 2.03. The van der Waals surface area contributed by atoms with Crippen molar-refractivity contribution in [2.24, 2.45) is 0 Å². The van der Waals surface area contributed by atoms with E-state index in [4.69, 9.17) is 4.74 Å². The third-order valence-corrected chi connectivity index (χ3v) is 2.54. The number of hydrogen-bond acceptors (Lipinski definition) is 3. The minimum atomic E-state index is -0.797. The molecule has 0 aliphatic heterocycles. The molecule has 0 bridgehead atoms. The van der Waals surface area contributed by atoms with E-state index < -0.39 is 17.2 Å². The van der Waals surface area contributed by atoms with Gasteiger partial charge in [0.1, 0.15) is 17.3 Å². The number of H-pyrrole nitrogens is 1. The van der Waals surface area contributed by atoms with Crippen LogP contribution in [0.2, 0.25) is 0 Å². The number of hydrogen-bond donors (Lipinski definition) is 1. The van der Waals surface area contributed by atoms with Crippen LogP contribution >= 0.6 is 0 Å². The van der Waals surface area contributed by atoms with Crippen molar-refractivity contribution < 1.29 is 13.5 Å². The van der Waals surface area contributed by atoms with Crippen molar-refractivity contribution in [2.75, 3.05) is 7.11 Å². The molecule has 1 aromatic heterocycles. The lowest BCUT2D eigenvalue weighted by molar-refractivity contribution is 0.407. The van der Waals surface area contributed by atoms with Crippen molar-refractivity contribution in [1.29, 1.82) is 0 Å². The van der Waals surface area contributed by atoms with Crippen LogP contribution in [-0.4, -0.2) is 17.1 Å². The molecule has 1 heterocycles. The molecule has 0 saturated heterocycles. The van der Waals surface area contributed by atoms with E-state index in [2.05, 4.69) is 9.97 Å². The molecular weight excluding hydrogens is 242 g/mol. The normalized spacial score (nSPS) is 10.4. The summed E-state index contributed by atoms with van der Waals surface area (Å²) < 4.78 is 32.5. The summed E-state index contributed by atoms with van der Waals surface area (Å²) >= 11 is 0. The number of aryl methyl sites for hydroxylation is 1. The summed E-state index contributed by atoms with van der Waals surface area (Å²) in [5.74, 6) is -1.78. The number of aromatic nitrogens is 2. The average molecular weight is 252 g/mol. The SMILES string of the molecule is COc1c(-c2c(F)ccc(C)c2F)nc[nH]c1=O. The molecule has 0 saturated carbocycles. The Balaban J connectivity index is 2.81. The summed E-state index contributed by atoms with van der Waals surface area (Å²) in [6.07, 6.45) is 1.07. The molecule has 0 spiro atoms. The van der Waals surface area contributed by atoms with Gasteiger partial charge in [-0.15, -0.1) is 0 Å². The van der Waals surface area contributed by atoms with Crippen molar-refractivity contribution in [2.45, 2.75) is 6.92 Å². The molecule has 2 rings (SSSR count). The van der Waals surface area contributed by atoms with E-state index in [1.54, 1.807) is 0 Å². The second-order valence-electron chi connectivity index (χ2n) is 3.67. The monoisotopic (exact) mass is 252 g/mol. The number of ether oxygens (including phenoxy) is 1. The highest BCUT2D eigenvalue weighted by atomic mass is 19.1. The van der Waals surface area contributed by atoms with Gasteiger partial charge >= 0.3 is 0 Å². The van der Waals surface area contributed by atoms with Crippen molar-refractivity contribution in [3.8, 4) is 17.0 Å². The molecule has 6 heteroatoms. The third kappa shape index (κ3) is 1.85. The standard InChI is InChI=1S/C12H10F2N2O2/c1-6-3-4-7(13)8(9(6)14)10-11(18-2)12(17)16-5-15-10/h3-5H,1-2H3,(H,15,16,17). The fourth-order valence-electron chi connectivity index (χ4n) is 1.63. The van der Waals surface area contributed by atoms with Crippen LogP contribution < -0.4 is 10.3 Å². The first kappa shape index (κ1) is 12.2. The lowest BCUT2D eigenvalue weighted by Gasteiger charge is -2.09. The zero-order chi connectivity index (χ0) is 13.3. The minimum Gasteiger partial charge on any atom is -0.490 e. The Bertz CT molecular complexity index is 653. The minimum absolute atomic E-state index is 0.153. The summed E-state index contributed by atoms with van der Waals surface area (Å²) in [5, 5.41) is 0. The Kier molecular flexibility index (Phi) is 3.10. The van der Waals surface area contributed by atoms with E-state index >= 15 is 0 Å². The van der Waals surface area contributed by atoms with Gasteiger partial charge in [-0.05, 0) is 18.6 Å². The Morgan fingerprint density at radius 3 is 2.72 bits per heavy atom. The maximum Gasteiger partial charge on any atom is 0.293 e. The summed E-state index contributed by atoms with van der Waals surface area (Å²) in [7, 11) is 1.24. The quantitative estimate of drug-likeness (QED) is 0.889. The lowest BCUT2D eigenvalue weighted by Crippen LogP contribution is -2.12. The molecule has 94 valence electrons. The van der Waals surface area contributed by atoms with Gasteiger partial charge in [-0.1, -0.05) is 6.07 Å². The maximum absolute atomic E-state index is 13.9. The highest BCUT2D eigenvalue weighted by molar-refractivity contribution is 5.67. The number of benzene rings is 1. The molecular formula is C12H10F2N2O2. The Labute approximate surface area is 101 Å². The molecule has 0 fully saturated rings. The van der Waals surface area contributed by atoms with Crippen molar-refractivity contribution >= 4 is 0 Å². The maximum atomic E-state index is 13.9. The van der Waals surface area contributed by atoms with Crippen LogP contribution in [0.4, 0.5) is 8.78 Å². The number of methoxy groups -OCH3 is 1. The first-order chi connectivity index (χ1) is 8.56. The van der Waals surface area contributed by atoms with Gasteiger partial charge in [0.25, 0.3) is 5.56 Å². The van der Waals surface area contributed by atoms with Gasteiger partial charge in [0.15, 0.2) is 0 Å². The van der Waals surface area contributed by atoms with Gasteiger partial charge in [-0.2, -0.15) is 0 Å². The number of nitrogens with zero attached hydrogens (tertiary/aromatic N) is 1. The Morgan fingerprint density at radius 2 is 2.06 bits per heavy atom. The zero-order valence-corrected chi connectivity index (χ0v) is 9.75. The van der Waals surface area contributed by atoms with Gasteiger partial charge < -0.3 is 9.72 Å². The first-order valence-electron chi connectivity index (χ1n) is 5.13. The van der Waals surface area contributed by atoms with Crippen LogP contribution in [0.3, 0.4) is 0 Å². The number of rotatable bonds is 2. The van der Waals surface area contributed by atoms with Crippen LogP contribution in [0.25, 0.3) is 11.3 Å². The summed E-state index contributed by atoms with van der Waals surface area (Å²) in [6.45, 7) is 1.50. The molecule has 0 aliphatic carbocycles. The Morgan fingerprint density at radius 1 is 1.33 bits per heavy atom. The molecule has 0 aliphatic rings. The van der Waals surface area contributed by atoms with Gasteiger partial charge in [-0.25, -0.2) is 13.8 Å². The summed E-state index contributed by atoms with van der Waals surface area (Å²) in [4.78, 5) is 17.5. The van der Waals surface area contributed by atoms with Gasteiger partial charge in [-0.3, -0.25) is 4.79 Å². The summed E-state index contributed by atoms with van der Waals surface area (Å²) in [5.41, 5.74) is -0.851. The van der Waals surface area contributed by atoms with Crippen molar-refractivity contribution in [1.82, 2.24) is 9.97 Å². The number of halogens is 2. The van der Waals surface area contributed by atoms with E-state index in [1.165, 1.54) is 20.1 Å². The highest BCUT2D eigenvalue weighted by Gasteiger charge is 2.20. The fourth-order valence-corrected chi connectivity index (χ4v) is 1.63.